The van der Waals surface area contributed by atoms with Gasteiger partial charge in [0, 0.05) is 40.8 Å². The van der Waals surface area contributed by atoms with Crippen molar-refractivity contribution in [2.24, 2.45) is 0 Å². The van der Waals surface area contributed by atoms with Crippen LogP contribution in [-0.2, 0) is 30.7 Å². The summed E-state index contributed by atoms with van der Waals surface area (Å²) in [5.41, 5.74) is 3.24. The molecule has 0 aromatic carbocycles. The van der Waals surface area contributed by atoms with Crippen LogP contribution >= 0.6 is 22.7 Å². The first-order valence-corrected chi connectivity index (χ1v) is 13.2. The molecule has 7 nitrogen and oxygen atoms in total. The highest BCUT2D eigenvalue weighted by Crippen LogP contribution is 2.36. The van der Waals surface area contributed by atoms with Gasteiger partial charge in [-0.15, -0.1) is 22.7 Å². The summed E-state index contributed by atoms with van der Waals surface area (Å²) >= 11 is 3.18. The van der Waals surface area contributed by atoms with Gasteiger partial charge < -0.3 is 19.9 Å². The van der Waals surface area contributed by atoms with Crippen molar-refractivity contribution in [1.29, 1.82) is 0 Å². The number of ether oxygens (including phenoxy) is 1. The van der Waals surface area contributed by atoms with Crippen molar-refractivity contribution in [3.8, 4) is 5.00 Å². The molecule has 4 rings (SSSR count). The fraction of sp³-hybridized carbons (Fsp3) is 0.440. The number of aromatic nitrogens is 1. The molecule has 0 bridgehead atoms. The van der Waals surface area contributed by atoms with Gasteiger partial charge in [0.15, 0.2) is 0 Å². The quantitative estimate of drug-likeness (QED) is 0.396. The van der Waals surface area contributed by atoms with Crippen LogP contribution in [0.2, 0.25) is 0 Å². The Balaban J connectivity index is 1.54. The third-order valence-corrected chi connectivity index (χ3v) is 8.02. The number of anilines is 1. The van der Waals surface area contributed by atoms with Gasteiger partial charge in [-0.3, -0.25) is 5.32 Å². The molecule has 3 aromatic rings. The van der Waals surface area contributed by atoms with Crippen LogP contribution in [0.3, 0.4) is 0 Å². The lowest BCUT2D eigenvalue weighted by molar-refractivity contribution is 0.00701. The second kappa shape index (κ2) is 9.93. The molecule has 0 unspecified atom stereocenters. The molecule has 0 saturated heterocycles. The predicted octanol–water partition coefficient (Wildman–Crippen LogP) is 5.39. The summed E-state index contributed by atoms with van der Waals surface area (Å²) in [6.45, 7) is 11.7. The van der Waals surface area contributed by atoms with Crippen LogP contribution in [0.1, 0.15) is 64.5 Å². The molecule has 1 aliphatic heterocycles. The summed E-state index contributed by atoms with van der Waals surface area (Å²) in [7, 11) is 0. The van der Waals surface area contributed by atoms with E-state index in [0.717, 1.165) is 40.5 Å². The number of thiophene rings is 2. The molecule has 0 saturated carbocycles. The number of amides is 2. The van der Waals surface area contributed by atoms with Crippen LogP contribution in [0, 0.1) is 6.92 Å². The number of fused-ring (bicyclic) bond motifs is 1. The van der Waals surface area contributed by atoms with Crippen LogP contribution < -0.4 is 16.0 Å². The zero-order chi connectivity index (χ0) is 24.5. The molecule has 182 valence electrons. The second-order valence-electron chi connectivity index (χ2n) is 9.31. The van der Waals surface area contributed by atoms with Crippen molar-refractivity contribution >= 4 is 39.7 Å². The zero-order valence-corrected chi connectivity index (χ0v) is 22.0. The van der Waals surface area contributed by atoms with E-state index in [2.05, 4.69) is 20.5 Å². The molecule has 0 aliphatic carbocycles. The molecule has 3 N–H and O–H groups in total. The van der Waals surface area contributed by atoms with Crippen LogP contribution in [0.4, 0.5) is 9.80 Å². The molecule has 0 atom stereocenters. The molecule has 3 aromatic heterocycles. The monoisotopic (exact) mass is 500 g/mol. The number of esters is 1. The summed E-state index contributed by atoms with van der Waals surface area (Å²) in [4.78, 5) is 28.2. The summed E-state index contributed by atoms with van der Waals surface area (Å²) in [6.07, 6.45) is 5.69. The van der Waals surface area contributed by atoms with E-state index in [1.54, 1.807) is 11.3 Å². The Morgan fingerprint density at radius 3 is 2.59 bits per heavy atom. The van der Waals surface area contributed by atoms with Gasteiger partial charge in [0.25, 0.3) is 0 Å². The van der Waals surface area contributed by atoms with Crippen molar-refractivity contribution in [3.05, 3.63) is 56.5 Å². The minimum atomic E-state index is -0.612. The molecule has 9 heteroatoms. The number of rotatable bonds is 6. The molecule has 2 amide bonds. The van der Waals surface area contributed by atoms with Crippen molar-refractivity contribution < 1.29 is 14.3 Å². The standard InChI is InChI=1S/C25H32N4O3S2/c1-6-16-15(2)33-21(20(16)23(30)32-25(3,4)5)28-24(31)27-13-18-17-9-10-26-14-19(17)34-22(18)29-11-7-8-12-29/h7-8,11-12,26H,6,9-10,13-14H2,1-5H3,(H2,27,28,31). The van der Waals surface area contributed by atoms with Crippen LogP contribution in [0.25, 0.3) is 5.00 Å². The highest BCUT2D eigenvalue weighted by Gasteiger charge is 2.27. The first kappa shape index (κ1) is 24.5. The number of urea groups is 1. The Kier molecular flexibility index (Phi) is 7.16. The average molecular weight is 501 g/mol. The van der Waals surface area contributed by atoms with Crippen molar-refractivity contribution in [2.45, 2.75) is 66.2 Å². The summed E-state index contributed by atoms with van der Waals surface area (Å²) in [6, 6.07) is 3.67. The molecule has 0 radical (unpaired) electrons. The predicted molar refractivity (Wildman–Crippen MR) is 139 cm³/mol. The van der Waals surface area contributed by atoms with E-state index in [1.165, 1.54) is 21.8 Å². The second-order valence-corrected chi connectivity index (χ2v) is 11.6. The highest BCUT2D eigenvalue weighted by molar-refractivity contribution is 7.17. The number of nitrogens with zero attached hydrogens (tertiary/aromatic N) is 1. The number of aryl methyl sites for hydroxylation is 1. The van der Waals surface area contributed by atoms with E-state index in [4.69, 9.17) is 4.74 Å². The first-order valence-electron chi connectivity index (χ1n) is 11.6. The molecular formula is C25H32N4O3S2. The SMILES string of the molecule is CCc1c(C)sc(NC(=O)NCc2c(-n3cccc3)sc3c2CCNC3)c1C(=O)OC(C)(C)C. The largest absolute Gasteiger partial charge is 0.456 e. The van der Waals surface area contributed by atoms with Gasteiger partial charge in [-0.05, 0) is 70.3 Å². The van der Waals surface area contributed by atoms with Crippen LogP contribution in [0.15, 0.2) is 24.5 Å². The van der Waals surface area contributed by atoms with Gasteiger partial charge in [-0.1, -0.05) is 6.92 Å². The van der Waals surface area contributed by atoms with E-state index in [1.807, 2.05) is 59.1 Å². The molecule has 1 aliphatic rings. The van der Waals surface area contributed by atoms with E-state index in [9.17, 15) is 9.59 Å². The highest BCUT2D eigenvalue weighted by atomic mass is 32.1. The minimum Gasteiger partial charge on any atom is -0.456 e. The average Bonchev–Trinajstić information content (AvgIpc) is 3.48. The summed E-state index contributed by atoms with van der Waals surface area (Å²) in [5.74, 6) is -0.404. The van der Waals surface area contributed by atoms with Crippen molar-refractivity contribution in [2.75, 3.05) is 11.9 Å². The molecular weight excluding hydrogens is 468 g/mol. The van der Waals surface area contributed by atoms with Crippen LogP contribution in [-0.4, -0.2) is 28.7 Å². The lowest BCUT2D eigenvalue weighted by Crippen LogP contribution is -2.30. The van der Waals surface area contributed by atoms with Gasteiger partial charge in [0.1, 0.15) is 15.6 Å². The first-order chi connectivity index (χ1) is 16.2. The molecule has 34 heavy (non-hydrogen) atoms. The topological polar surface area (TPSA) is 84.4 Å². The van der Waals surface area contributed by atoms with E-state index in [-0.39, 0.29) is 6.03 Å². The lowest BCUT2D eigenvalue weighted by atomic mass is 10.0. The van der Waals surface area contributed by atoms with E-state index in [0.29, 0.717) is 23.5 Å². The van der Waals surface area contributed by atoms with E-state index < -0.39 is 11.6 Å². The Labute approximate surface area is 208 Å². The Bertz CT molecular complexity index is 1190. The van der Waals surface area contributed by atoms with Gasteiger partial charge in [0.2, 0.25) is 0 Å². The zero-order valence-electron chi connectivity index (χ0n) is 20.3. The van der Waals surface area contributed by atoms with Crippen LogP contribution in [0.5, 0.6) is 0 Å². The fourth-order valence-corrected chi connectivity index (χ4v) is 6.63. The van der Waals surface area contributed by atoms with Gasteiger partial charge >= 0.3 is 12.0 Å². The summed E-state index contributed by atoms with van der Waals surface area (Å²) in [5, 5.41) is 11.0. The minimum absolute atomic E-state index is 0.332. The number of hydrogen-bond acceptors (Lipinski definition) is 6. The number of carbonyl (C=O) groups excluding carboxylic acids is 2. The fourth-order valence-electron chi connectivity index (χ4n) is 4.20. The summed E-state index contributed by atoms with van der Waals surface area (Å²) < 4.78 is 7.73. The maximum Gasteiger partial charge on any atom is 0.341 e. The molecule has 4 heterocycles. The maximum atomic E-state index is 13.0. The number of carbonyl (C=O) groups is 2. The third kappa shape index (κ3) is 5.21. The normalized spacial score (nSPS) is 13.4. The number of nitrogens with one attached hydrogen (secondary N) is 3. The Morgan fingerprint density at radius 1 is 1.18 bits per heavy atom. The van der Waals surface area contributed by atoms with Gasteiger partial charge in [0.05, 0.1) is 5.56 Å². The Hall–Kier alpha value is -2.62. The number of hydrogen-bond donors (Lipinski definition) is 3. The molecule has 0 fully saturated rings. The third-order valence-electron chi connectivity index (χ3n) is 5.67. The lowest BCUT2D eigenvalue weighted by Gasteiger charge is -2.20. The van der Waals surface area contributed by atoms with Crippen molar-refractivity contribution in [3.63, 3.8) is 0 Å². The van der Waals surface area contributed by atoms with E-state index >= 15 is 0 Å². The maximum absolute atomic E-state index is 13.0. The van der Waals surface area contributed by atoms with Gasteiger partial charge in [-0.2, -0.15) is 0 Å². The smallest absolute Gasteiger partial charge is 0.341 e. The van der Waals surface area contributed by atoms with Crippen molar-refractivity contribution in [1.82, 2.24) is 15.2 Å². The molecule has 0 spiro atoms. The van der Waals surface area contributed by atoms with Gasteiger partial charge in [-0.25, -0.2) is 9.59 Å². The Morgan fingerprint density at radius 2 is 1.91 bits per heavy atom.